The Kier molecular flexibility index (Phi) is 4.09. The van der Waals surface area contributed by atoms with Gasteiger partial charge in [-0.25, -0.2) is 4.98 Å². The molecule has 0 atom stereocenters. The van der Waals surface area contributed by atoms with Crippen molar-refractivity contribution in [1.29, 1.82) is 0 Å². The van der Waals surface area contributed by atoms with Crippen LogP contribution in [0.1, 0.15) is 44.1 Å². The molecule has 0 aliphatic heterocycles. The maximum atomic E-state index is 12.9. The van der Waals surface area contributed by atoms with Crippen molar-refractivity contribution >= 4 is 49.7 Å². The molecule has 0 saturated carbocycles. The van der Waals surface area contributed by atoms with Crippen LogP contribution in [-0.2, 0) is 37.0 Å². The summed E-state index contributed by atoms with van der Waals surface area (Å²) in [5, 5.41) is 3.93. The molecule has 3 aromatic heterocycles. The van der Waals surface area contributed by atoms with Gasteiger partial charge in [-0.2, -0.15) is 0 Å². The first-order chi connectivity index (χ1) is 13.5. The number of rotatable bonds is 4. The Hall–Kier alpha value is -2.52. The molecule has 5 rings (SSSR count). The SMILES string of the molecule is NC(=O)c1c(NC(=O)Cn2cnc3sc4c(c3c2=O)CCC4)sc2c1CCC2. The summed E-state index contributed by atoms with van der Waals surface area (Å²) < 4.78 is 1.34. The third-order valence-corrected chi connectivity index (χ3v) is 7.83. The molecule has 3 heterocycles. The number of fused-ring (bicyclic) bond motifs is 4. The van der Waals surface area contributed by atoms with Crippen molar-refractivity contribution in [3.05, 3.63) is 43.1 Å². The van der Waals surface area contributed by atoms with E-state index in [0.717, 1.165) is 59.4 Å². The average molecular weight is 415 g/mol. The number of aryl methyl sites for hydroxylation is 3. The minimum atomic E-state index is -0.524. The van der Waals surface area contributed by atoms with E-state index in [-0.39, 0.29) is 18.0 Å². The summed E-state index contributed by atoms with van der Waals surface area (Å²) in [6, 6.07) is 0. The predicted molar refractivity (Wildman–Crippen MR) is 109 cm³/mol. The number of hydrogen-bond donors (Lipinski definition) is 2. The lowest BCUT2D eigenvalue weighted by Gasteiger charge is -2.08. The average Bonchev–Trinajstić information content (AvgIpc) is 3.36. The highest BCUT2D eigenvalue weighted by atomic mass is 32.1. The molecule has 0 aromatic carbocycles. The number of carbonyl (C=O) groups excluding carboxylic acids is 2. The van der Waals surface area contributed by atoms with Gasteiger partial charge in [0.15, 0.2) is 0 Å². The largest absolute Gasteiger partial charge is 0.365 e. The third kappa shape index (κ3) is 2.68. The first kappa shape index (κ1) is 17.6. The molecular formula is C19H18N4O3S2. The lowest BCUT2D eigenvalue weighted by Crippen LogP contribution is -2.28. The number of anilines is 1. The normalized spacial score (nSPS) is 15.0. The van der Waals surface area contributed by atoms with Crippen molar-refractivity contribution in [1.82, 2.24) is 9.55 Å². The van der Waals surface area contributed by atoms with Crippen molar-refractivity contribution < 1.29 is 9.59 Å². The van der Waals surface area contributed by atoms with Crippen LogP contribution in [0.2, 0.25) is 0 Å². The van der Waals surface area contributed by atoms with E-state index in [2.05, 4.69) is 10.3 Å². The van der Waals surface area contributed by atoms with Crippen molar-refractivity contribution in [3.63, 3.8) is 0 Å². The van der Waals surface area contributed by atoms with Gasteiger partial charge in [0.05, 0.1) is 17.3 Å². The minimum Gasteiger partial charge on any atom is -0.365 e. The lowest BCUT2D eigenvalue weighted by molar-refractivity contribution is -0.116. The van der Waals surface area contributed by atoms with Crippen molar-refractivity contribution in [2.24, 2.45) is 5.73 Å². The molecule has 0 bridgehead atoms. The molecule has 0 fully saturated rings. The van der Waals surface area contributed by atoms with Gasteiger partial charge in [0.25, 0.3) is 11.5 Å². The first-order valence-corrected chi connectivity index (χ1v) is 10.9. The van der Waals surface area contributed by atoms with E-state index in [9.17, 15) is 14.4 Å². The first-order valence-electron chi connectivity index (χ1n) is 9.27. The number of aromatic nitrogens is 2. The van der Waals surface area contributed by atoms with Gasteiger partial charge in [-0.3, -0.25) is 19.0 Å². The summed E-state index contributed by atoms with van der Waals surface area (Å²) in [6.07, 6.45) is 7.09. The Morgan fingerprint density at radius 2 is 1.82 bits per heavy atom. The van der Waals surface area contributed by atoms with E-state index in [1.807, 2.05) is 0 Å². The standard InChI is InChI=1S/C19H18N4O3S2/c20-16(25)14-9-3-1-5-11(9)28-18(14)22-13(24)7-23-8-21-17-15(19(23)26)10-4-2-6-12(10)27-17/h8H,1-7H2,(H2,20,25)(H,22,24). The van der Waals surface area contributed by atoms with Gasteiger partial charge in [-0.1, -0.05) is 0 Å². The van der Waals surface area contributed by atoms with Crippen molar-refractivity contribution in [2.45, 2.75) is 45.1 Å². The zero-order valence-electron chi connectivity index (χ0n) is 15.0. The minimum absolute atomic E-state index is 0.146. The highest BCUT2D eigenvalue weighted by Crippen LogP contribution is 2.39. The molecule has 3 N–H and O–H groups in total. The van der Waals surface area contributed by atoms with E-state index in [1.165, 1.54) is 27.1 Å². The van der Waals surface area contributed by atoms with Gasteiger partial charge >= 0.3 is 0 Å². The van der Waals surface area contributed by atoms with Gasteiger partial charge in [0, 0.05) is 9.75 Å². The van der Waals surface area contributed by atoms with E-state index < -0.39 is 5.91 Å². The molecule has 0 spiro atoms. The third-order valence-electron chi connectivity index (χ3n) is 5.43. The van der Waals surface area contributed by atoms with Crippen molar-refractivity contribution in [3.8, 4) is 0 Å². The number of primary amides is 1. The number of thiophene rings is 2. The summed E-state index contributed by atoms with van der Waals surface area (Å²) >= 11 is 2.98. The quantitative estimate of drug-likeness (QED) is 0.683. The molecule has 144 valence electrons. The molecule has 9 heteroatoms. The second-order valence-electron chi connectivity index (χ2n) is 7.19. The lowest BCUT2D eigenvalue weighted by atomic mass is 10.1. The monoisotopic (exact) mass is 414 g/mol. The Bertz CT molecular complexity index is 1200. The number of nitrogens with one attached hydrogen (secondary N) is 1. The number of amides is 2. The summed E-state index contributed by atoms with van der Waals surface area (Å²) in [5.41, 5.74) is 7.84. The summed E-state index contributed by atoms with van der Waals surface area (Å²) in [7, 11) is 0. The highest BCUT2D eigenvalue weighted by Gasteiger charge is 2.26. The molecule has 2 amide bonds. The summed E-state index contributed by atoms with van der Waals surface area (Å²) in [6.45, 7) is -0.146. The molecule has 7 nitrogen and oxygen atoms in total. The van der Waals surface area contributed by atoms with E-state index in [1.54, 1.807) is 11.3 Å². The maximum absolute atomic E-state index is 12.9. The molecule has 0 radical (unpaired) electrons. The fourth-order valence-corrected chi connectivity index (χ4v) is 6.74. The molecular weight excluding hydrogens is 396 g/mol. The van der Waals surface area contributed by atoms with Crippen LogP contribution in [0.4, 0.5) is 5.00 Å². The number of nitrogens with two attached hydrogens (primary N) is 1. The van der Waals surface area contributed by atoms with Crippen LogP contribution in [0.25, 0.3) is 10.2 Å². The molecule has 0 unspecified atom stereocenters. The smallest absolute Gasteiger partial charge is 0.262 e. The second kappa shape index (κ2) is 6.52. The van der Waals surface area contributed by atoms with E-state index in [4.69, 9.17) is 5.73 Å². The van der Waals surface area contributed by atoms with Gasteiger partial charge in [0.2, 0.25) is 5.91 Å². The zero-order chi connectivity index (χ0) is 19.4. The van der Waals surface area contributed by atoms with Crippen LogP contribution in [0.15, 0.2) is 11.1 Å². The summed E-state index contributed by atoms with van der Waals surface area (Å²) in [4.78, 5) is 44.9. The molecule has 2 aliphatic carbocycles. The molecule has 3 aromatic rings. The fourth-order valence-electron chi connectivity index (χ4n) is 4.21. The van der Waals surface area contributed by atoms with Gasteiger partial charge in [0.1, 0.15) is 16.4 Å². The van der Waals surface area contributed by atoms with Crippen LogP contribution in [-0.4, -0.2) is 21.4 Å². The number of hydrogen-bond acceptors (Lipinski definition) is 6. The van der Waals surface area contributed by atoms with Crippen LogP contribution in [0.3, 0.4) is 0 Å². The van der Waals surface area contributed by atoms with Gasteiger partial charge in [-0.05, 0) is 49.7 Å². The van der Waals surface area contributed by atoms with Gasteiger partial charge in [-0.15, -0.1) is 22.7 Å². The topological polar surface area (TPSA) is 107 Å². The molecule has 2 aliphatic rings. The van der Waals surface area contributed by atoms with Gasteiger partial charge < -0.3 is 11.1 Å². The van der Waals surface area contributed by atoms with Crippen LogP contribution in [0.5, 0.6) is 0 Å². The maximum Gasteiger partial charge on any atom is 0.262 e. The Labute approximate surface area is 168 Å². The zero-order valence-corrected chi connectivity index (χ0v) is 16.7. The number of nitrogens with zero attached hydrogens (tertiary/aromatic N) is 2. The van der Waals surface area contributed by atoms with E-state index >= 15 is 0 Å². The Morgan fingerprint density at radius 3 is 2.57 bits per heavy atom. The highest BCUT2D eigenvalue weighted by molar-refractivity contribution is 7.18. The van der Waals surface area contributed by atoms with Crippen molar-refractivity contribution in [2.75, 3.05) is 5.32 Å². The van der Waals surface area contributed by atoms with Crippen LogP contribution in [0, 0.1) is 0 Å². The Morgan fingerprint density at radius 1 is 1.11 bits per heavy atom. The molecule has 0 saturated heterocycles. The fraction of sp³-hybridized carbons (Fsp3) is 0.368. The predicted octanol–water partition coefficient (Wildman–Crippen LogP) is 2.23. The van der Waals surface area contributed by atoms with Crippen LogP contribution >= 0.6 is 22.7 Å². The Balaban J connectivity index is 1.43. The van der Waals surface area contributed by atoms with Crippen LogP contribution < -0.4 is 16.6 Å². The summed E-state index contributed by atoms with van der Waals surface area (Å²) in [5.74, 6) is -0.888. The number of carbonyl (C=O) groups is 2. The van der Waals surface area contributed by atoms with E-state index in [0.29, 0.717) is 16.0 Å². The second-order valence-corrected chi connectivity index (χ2v) is 9.38. The molecule has 28 heavy (non-hydrogen) atoms.